The number of halogens is 2. The van der Waals surface area contributed by atoms with Gasteiger partial charge in [-0.2, -0.15) is 4.59 Å². The molecule has 0 bridgehead atoms. The molecule has 1 aliphatic rings. The number of nitrogens with two attached hydrogens (primary N) is 1. The molecular formula is C24H23Cl2N4O2+. The van der Waals surface area contributed by atoms with Crippen molar-refractivity contribution in [2.75, 3.05) is 13.2 Å². The van der Waals surface area contributed by atoms with Crippen LogP contribution in [0.2, 0.25) is 10.0 Å². The van der Waals surface area contributed by atoms with Crippen molar-refractivity contribution in [3.8, 4) is 5.75 Å². The van der Waals surface area contributed by atoms with Gasteiger partial charge in [-0.3, -0.25) is 4.79 Å². The van der Waals surface area contributed by atoms with Gasteiger partial charge in [-0.1, -0.05) is 58.6 Å². The Morgan fingerprint density at radius 3 is 2.38 bits per heavy atom. The summed E-state index contributed by atoms with van der Waals surface area (Å²) >= 11 is 12.1. The fraction of sp³-hybridized carbons (Fsp3) is 0.167. The zero-order valence-electron chi connectivity index (χ0n) is 17.3. The van der Waals surface area contributed by atoms with Crippen molar-refractivity contribution >= 4 is 29.0 Å². The van der Waals surface area contributed by atoms with Crippen LogP contribution in [0.5, 0.6) is 5.75 Å². The smallest absolute Gasteiger partial charge is 0.250 e. The molecule has 3 aromatic rings. The van der Waals surface area contributed by atoms with Gasteiger partial charge in [-0.15, -0.1) is 0 Å². The minimum absolute atomic E-state index is 0.0194. The third kappa shape index (κ3) is 5.59. The molecule has 0 fully saturated rings. The van der Waals surface area contributed by atoms with E-state index in [2.05, 4.69) is 17.2 Å². The van der Waals surface area contributed by atoms with Crippen LogP contribution in [-0.2, 0) is 13.1 Å². The lowest BCUT2D eigenvalue weighted by Gasteiger charge is -2.26. The molecule has 1 atom stereocenters. The second-order valence-electron chi connectivity index (χ2n) is 7.65. The summed E-state index contributed by atoms with van der Waals surface area (Å²) in [6, 6.07) is 18.4. The van der Waals surface area contributed by atoms with Crippen LogP contribution in [0, 0.1) is 0 Å². The van der Waals surface area contributed by atoms with Crippen LogP contribution in [0.25, 0.3) is 0 Å². The van der Waals surface area contributed by atoms with Crippen LogP contribution in [-0.4, -0.2) is 28.1 Å². The van der Waals surface area contributed by atoms with Crippen LogP contribution in [0.3, 0.4) is 0 Å². The summed E-state index contributed by atoms with van der Waals surface area (Å²) in [7, 11) is 0. The quantitative estimate of drug-likeness (QED) is 0.497. The molecule has 6 nitrogen and oxygen atoms in total. The molecule has 1 unspecified atom stereocenters. The molecule has 0 saturated heterocycles. The minimum Gasteiger partial charge on any atom is -0.487 e. The lowest BCUT2D eigenvalue weighted by molar-refractivity contribution is -0.897. The third-order valence-corrected chi connectivity index (χ3v) is 5.59. The van der Waals surface area contributed by atoms with Gasteiger partial charge in [-0.05, 0) is 29.8 Å². The van der Waals surface area contributed by atoms with Gasteiger partial charge in [0, 0.05) is 33.9 Å². The zero-order chi connectivity index (χ0) is 22.6. The van der Waals surface area contributed by atoms with Crippen molar-refractivity contribution in [3.63, 3.8) is 0 Å². The van der Waals surface area contributed by atoms with Crippen molar-refractivity contribution in [2.45, 2.75) is 13.1 Å². The Labute approximate surface area is 196 Å². The Hall–Kier alpha value is -3.06. The fourth-order valence-corrected chi connectivity index (χ4v) is 4.10. The highest BCUT2D eigenvalue weighted by Gasteiger charge is 2.30. The van der Waals surface area contributed by atoms with E-state index in [0.717, 1.165) is 11.1 Å². The fourth-order valence-electron chi connectivity index (χ4n) is 3.59. The maximum Gasteiger partial charge on any atom is 0.250 e. The molecule has 2 aromatic carbocycles. The lowest BCUT2D eigenvalue weighted by Crippen LogP contribution is -2.39. The molecule has 1 aromatic heterocycles. The van der Waals surface area contributed by atoms with Gasteiger partial charge in [0.05, 0.1) is 6.54 Å². The molecule has 8 heteroatoms. The highest BCUT2D eigenvalue weighted by atomic mass is 35.5. The topological polar surface area (TPSA) is 69.6 Å². The average Bonchev–Trinajstić information content (AvgIpc) is 3.11. The first kappa shape index (κ1) is 22.1. The first-order valence-electron chi connectivity index (χ1n) is 10.1. The summed E-state index contributed by atoms with van der Waals surface area (Å²) < 4.78 is 7.84. The Morgan fingerprint density at radius 2 is 1.72 bits per heavy atom. The van der Waals surface area contributed by atoms with Crippen molar-refractivity contribution in [1.29, 1.82) is 0 Å². The Bertz CT molecular complexity index is 1200. The molecule has 4 rings (SSSR count). The normalized spacial score (nSPS) is 17.4. The predicted molar refractivity (Wildman–Crippen MR) is 128 cm³/mol. The van der Waals surface area contributed by atoms with E-state index in [4.69, 9.17) is 33.7 Å². The summed E-state index contributed by atoms with van der Waals surface area (Å²) in [5, 5.41) is 5.68. The van der Waals surface area contributed by atoms with Crippen LogP contribution in [0.15, 0.2) is 89.0 Å². The molecule has 2 heterocycles. The van der Waals surface area contributed by atoms with Gasteiger partial charge in [0.1, 0.15) is 31.6 Å². The summed E-state index contributed by atoms with van der Waals surface area (Å²) in [4.78, 5) is 11.9. The number of aromatic nitrogens is 1. The van der Waals surface area contributed by atoms with Gasteiger partial charge < -0.3 is 15.0 Å². The molecule has 2 N–H and O–H groups in total. The molecule has 164 valence electrons. The van der Waals surface area contributed by atoms with Crippen molar-refractivity contribution in [2.24, 2.45) is 10.8 Å². The van der Waals surface area contributed by atoms with Crippen LogP contribution in [0.4, 0.5) is 0 Å². The number of hydrogen-bond donors (Lipinski definition) is 1. The maximum atomic E-state index is 11.9. The van der Waals surface area contributed by atoms with E-state index in [1.54, 1.807) is 41.1 Å². The van der Waals surface area contributed by atoms with E-state index in [1.807, 2.05) is 30.5 Å². The summed E-state index contributed by atoms with van der Waals surface area (Å²) in [6.45, 7) is 2.15. The molecule has 0 amide bonds. The standard InChI is InChI=1S/C24H23Cl2N4O2/c25-20-13-21(26)15-22(14-20)32-12-11-30(10-8-23(27)28-30)17-19-6-4-18(5-7-19)16-29-9-2-1-3-24(29)31/h1-10,13-15H,11-12,16-17H2,(H2,27,28)/q+1. The first-order valence-corrected chi connectivity index (χ1v) is 10.9. The van der Waals surface area contributed by atoms with Crippen molar-refractivity contribution in [3.05, 3.63) is 111 Å². The SMILES string of the molecule is NC1=N[N+](CCOc2cc(Cl)cc(Cl)c2)(Cc2ccc(Cn3ccccc3=O)cc2)C=C1. The monoisotopic (exact) mass is 469 g/mol. The Kier molecular flexibility index (Phi) is 6.65. The van der Waals surface area contributed by atoms with E-state index in [-0.39, 0.29) is 5.56 Å². The number of nitrogens with zero attached hydrogens (tertiary/aromatic N) is 3. The number of benzene rings is 2. The van der Waals surface area contributed by atoms with Crippen LogP contribution >= 0.6 is 23.2 Å². The van der Waals surface area contributed by atoms with E-state index >= 15 is 0 Å². The molecule has 0 spiro atoms. The Balaban J connectivity index is 1.43. The Morgan fingerprint density at radius 1 is 1.00 bits per heavy atom. The highest BCUT2D eigenvalue weighted by Crippen LogP contribution is 2.25. The second kappa shape index (κ2) is 9.61. The largest absolute Gasteiger partial charge is 0.487 e. The summed E-state index contributed by atoms with van der Waals surface area (Å²) in [5.74, 6) is 1.09. The van der Waals surface area contributed by atoms with Crippen molar-refractivity contribution < 1.29 is 9.33 Å². The van der Waals surface area contributed by atoms with E-state index in [0.29, 0.717) is 52.5 Å². The molecular weight excluding hydrogens is 447 g/mol. The number of rotatable bonds is 8. The van der Waals surface area contributed by atoms with Crippen LogP contribution in [0.1, 0.15) is 11.1 Å². The molecule has 32 heavy (non-hydrogen) atoms. The first-order chi connectivity index (χ1) is 15.4. The molecule has 1 aliphatic heterocycles. The zero-order valence-corrected chi connectivity index (χ0v) is 18.8. The number of pyridine rings is 1. The lowest BCUT2D eigenvalue weighted by atomic mass is 10.1. The minimum atomic E-state index is -0.0194. The third-order valence-electron chi connectivity index (χ3n) is 5.15. The summed E-state index contributed by atoms with van der Waals surface area (Å²) in [6.07, 6.45) is 5.57. The molecule has 0 aliphatic carbocycles. The molecule has 0 radical (unpaired) electrons. The average molecular weight is 470 g/mol. The number of quaternary nitrogens is 1. The maximum absolute atomic E-state index is 11.9. The van der Waals surface area contributed by atoms with E-state index in [9.17, 15) is 4.79 Å². The number of amidine groups is 1. The number of ether oxygens (including phenoxy) is 1. The van der Waals surface area contributed by atoms with Crippen LogP contribution < -0.4 is 16.0 Å². The van der Waals surface area contributed by atoms with Crippen molar-refractivity contribution in [1.82, 2.24) is 4.57 Å². The van der Waals surface area contributed by atoms with Gasteiger partial charge in [0.2, 0.25) is 0 Å². The van der Waals surface area contributed by atoms with E-state index < -0.39 is 0 Å². The molecule has 0 saturated carbocycles. The van der Waals surface area contributed by atoms with Gasteiger partial charge in [-0.25, -0.2) is 0 Å². The highest BCUT2D eigenvalue weighted by molar-refractivity contribution is 6.34. The van der Waals surface area contributed by atoms with E-state index in [1.165, 1.54) is 0 Å². The summed E-state index contributed by atoms with van der Waals surface area (Å²) in [5.41, 5.74) is 8.08. The predicted octanol–water partition coefficient (Wildman–Crippen LogP) is 4.40. The van der Waals surface area contributed by atoms with Gasteiger partial charge in [0.25, 0.3) is 5.56 Å². The number of hydrogen-bond acceptors (Lipinski definition) is 4. The second-order valence-corrected chi connectivity index (χ2v) is 8.52. The van der Waals surface area contributed by atoms with Gasteiger partial charge in [0.15, 0.2) is 5.84 Å². The van der Waals surface area contributed by atoms with Gasteiger partial charge >= 0.3 is 0 Å².